The van der Waals surface area contributed by atoms with Gasteiger partial charge in [-0.25, -0.2) is 9.50 Å². The highest BCUT2D eigenvalue weighted by atomic mass is 16.5. The van der Waals surface area contributed by atoms with Crippen molar-refractivity contribution < 1.29 is 53.5 Å². The van der Waals surface area contributed by atoms with Crippen LogP contribution in [0.3, 0.4) is 0 Å². The summed E-state index contributed by atoms with van der Waals surface area (Å²) in [5.74, 6) is -3.03. The molecule has 0 atom stereocenters. The van der Waals surface area contributed by atoms with Crippen molar-refractivity contribution in [1.29, 1.82) is 0 Å². The van der Waals surface area contributed by atoms with Crippen LogP contribution in [0.4, 0.5) is 0 Å². The van der Waals surface area contributed by atoms with E-state index < -0.39 is 17.9 Å². The first-order chi connectivity index (χ1) is 38.1. The number of rotatable bonds is 31. The minimum atomic E-state index is -1.01. The van der Waals surface area contributed by atoms with E-state index in [2.05, 4.69) is 76.8 Å². The van der Waals surface area contributed by atoms with Gasteiger partial charge >= 0.3 is 17.9 Å². The second kappa shape index (κ2) is 30.4. The summed E-state index contributed by atoms with van der Waals surface area (Å²) < 4.78 is 19.0. The number of carboxylic acid groups (broad SMARTS) is 3. The van der Waals surface area contributed by atoms with Crippen LogP contribution in [-0.2, 0) is 51.0 Å². The number of carbonyl (C=O) groups is 5. The molecule has 2 bridgehead atoms. The van der Waals surface area contributed by atoms with Gasteiger partial charge < -0.3 is 45.1 Å². The van der Waals surface area contributed by atoms with E-state index in [4.69, 9.17) is 24.3 Å². The summed E-state index contributed by atoms with van der Waals surface area (Å²) in [6.45, 7) is 18.3. The summed E-state index contributed by atoms with van der Waals surface area (Å²) >= 11 is 0. The van der Waals surface area contributed by atoms with Crippen LogP contribution in [0.15, 0.2) is 36.4 Å². The number of amides is 2. The van der Waals surface area contributed by atoms with Crippen molar-refractivity contribution in [2.45, 2.75) is 65.7 Å². The Morgan fingerprint density at radius 2 is 1.11 bits per heavy atom. The molecule has 5 fully saturated rings. The van der Waals surface area contributed by atoms with E-state index in [9.17, 15) is 39.3 Å². The molecule has 2 aromatic heterocycles. The Balaban J connectivity index is 0.661. The van der Waals surface area contributed by atoms with E-state index >= 15 is 0 Å². The zero-order valence-corrected chi connectivity index (χ0v) is 47.0. The first kappa shape index (κ1) is 61.2. The zero-order valence-electron chi connectivity index (χ0n) is 47.0. The van der Waals surface area contributed by atoms with Gasteiger partial charge in [0, 0.05) is 141 Å². The smallest absolute Gasteiger partial charge is 0.317 e. The number of hydrogen-bond donors (Lipinski definition) is 5. The van der Waals surface area contributed by atoms with Crippen LogP contribution in [0.1, 0.15) is 72.8 Å². The molecule has 8 rings (SSSR count). The van der Waals surface area contributed by atoms with Gasteiger partial charge in [-0.3, -0.25) is 48.5 Å². The fourth-order valence-corrected chi connectivity index (χ4v) is 11.7. The molecule has 22 heteroatoms. The van der Waals surface area contributed by atoms with E-state index in [1.807, 2.05) is 16.3 Å². The summed E-state index contributed by atoms with van der Waals surface area (Å²) in [6, 6.07) is 10.9. The van der Waals surface area contributed by atoms with Gasteiger partial charge in [0.15, 0.2) is 5.65 Å². The number of ether oxygens (including phenoxy) is 3. The highest BCUT2D eigenvalue weighted by Crippen LogP contribution is 2.73. The summed E-state index contributed by atoms with van der Waals surface area (Å²) in [5, 5.41) is 39.2. The minimum Gasteiger partial charge on any atom is -0.480 e. The molecular weight excluding hydrogens is 1010 g/mol. The lowest BCUT2D eigenvalue weighted by molar-refractivity contribution is -0.214. The van der Waals surface area contributed by atoms with Crippen molar-refractivity contribution in [3.05, 3.63) is 70.2 Å². The average molecular weight is 1100 g/mol. The lowest BCUT2D eigenvalue weighted by Crippen LogP contribution is -2.71. The maximum absolute atomic E-state index is 13.1. The minimum absolute atomic E-state index is 0.0593. The molecule has 2 saturated heterocycles. The molecule has 79 heavy (non-hydrogen) atoms. The van der Waals surface area contributed by atoms with Crippen LogP contribution in [0.5, 0.6) is 0 Å². The molecular formula is C57H87N11O11. The lowest BCUT2D eigenvalue weighted by Gasteiger charge is -2.70. The normalized spacial score (nSPS) is 21.3. The van der Waals surface area contributed by atoms with Crippen LogP contribution in [0.2, 0.25) is 0 Å². The molecule has 0 radical (unpaired) electrons. The van der Waals surface area contributed by atoms with E-state index in [-0.39, 0.29) is 43.4 Å². The maximum Gasteiger partial charge on any atom is 0.317 e. The second-order valence-corrected chi connectivity index (χ2v) is 22.2. The van der Waals surface area contributed by atoms with Gasteiger partial charge in [-0.1, -0.05) is 43.3 Å². The molecule has 0 unspecified atom stereocenters. The topological polar surface area (TPSA) is 247 Å². The maximum atomic E-state index is 13.1. The first-order valence-electron chi connectivity index (χ1n) is 28.5. The highest BCUT2D eigenvalue weighted by molar-refractivity contribution is 5.86. The Bertz CT molecular complexity index is 2450. The van der Waals surface area contributed by atoms with E-state index in [0.29, 0.717) is 117 Å². The predicted molar refractivity (Wildman–Crippen MR) is 298 cm³/mol. The molecule has 22 nitrogen and oxygen atoms in total. The van der Waals surface area contributed by atoms with E-state index in [1.54, 1.807) is 14.7 Å². The number of aliphatic carboxylic acids is 3. The molecule has 2 amide bonds. The van der Waals surface area contributed by atoms with Gasteiger partial charge in [0.1, 0.15) is 0 Å². The number of piperazine rings is 1. The number of aromatic nitrogens is 3. The number of hydrogen-bond acceptors (Lipinski definition) is 16. The van der Waals surface area contributed by atoms with Crippen molar-refractivity contribution in [2.75, 3.05) is 171 Å². The summed E-state index contributed by atoms with van der Waals surface area (Å²) in [5.41, 5.74) is 8.02. The third-order valence-corrected chi connectivity index (χ3v) is 15.7. The molecule has 4 heterocycles. The van der Waals surface area contributed by atoms with Crippen LogP contribution in [-0.4, -0.2) is 260 Å². The third kappa shape index (κ3) is 19.1. The first-order valence-corrected chi connectivity index (χ1v) is 28.5. The van der Waals surface area contributed by atoms with Gasteiger partial charge in [-0.05, 0) is 75.0 Å². The van der Waals surface area contributed by atoms with Crippen molar-refractivity contribution in [3.8, 4) is 0 Å². The van der Waals surface area contributed by atoms with Gasteiger partial charge in [-0.2, -0.15) is 5.10 Å². The number of carboxylic acids is 3. The third-order valence-electron chi connectivity index (χ3n) is 15.7. The van der Waals surface area contributed by atoms with Crippen LogP contribution < -0.4 is 10.6 Å². The molecule has 5 N–H and O–H groups in total. The molecule has 3 aliphatic carbocycles. The molecule has 0 spiro atoms. The Hall–Kier alpha value is -5.43. The van der Waals surface area contributed by atoms with Crippen LogP contribution in [0, 0.1) is 24.7 Å². The fraction of sp³-hybridized carbons (Fsp3) is 0.667. The van der Waals surface area contributed by atoms with Gasteiger partial charge in [0.05, 0.1) is 63.7 Å². The number of carbonyl (C=O) groups excluding carboxylic acids is 2. The average Bonchev–Trinajstić information content (AvgIpc) is 3.94. The molecule has 1 aromatic carbocycles. The van der Waals surface area contributed by atoms with Gasteiger partial charge in [0.25, 0.3) is 0 Å². The molecule has 3 saturated carbocycles. The zero-order chi connectivity index (χ0) is 56.2. The SMILES string of the molecule is CCc1nn2c(C)cc(C)nc2c1Cc1ccc(/C=C/CN2CCN(CC34CC(C(=O)NCCCOCCOCCOCCCNC(=O)CN5CCN(CC(=O)O)CCN(CC(=O)O)CCN(CC(=O)O)CC5)(C3)C4)CC2)cc1. The van der Waals surface area contributed by atoms with Crippen LogP contribution >= 0.6 is 0 Å². The molecule has 2 aliphatic heterocycles. The van der Waals surface area contributed by atoms with Gasteiger partial charge in [0.2, 0.25) is 11.8 Å². The Kier molecular flexibility index (Phi) is 23.6. The number of benzene rings is 1. The van der Waals surface area contributed by atoms with Gasteiger partial charge in [-0.15, -0.1) is 0 Å². The summed E-state index contributed by atoms with van der Waals surface area (Å²) in [6.07, 6.45) is 10.5. The molecule has 3 aromatic rings. The summed E-state index contributed by atoms with van der Waals surface area (Å²) in [4.78, 5) is 77.5. The monoisotopic (exact) mass is 1100 g/mol. The number of fused-ring (bicyclic) bond motifs is 1. The van der Waals surface area contributed by atoms with Crippen molar-refractivity contribution >= 4 is 41.4 Å². The van der Waals surface area contributed by atoms with E-state index in [0.717, 1.165) is 101 Å². The quantitative estimate of drug-likeness (QED) is 0.0577. The lowest BCUT2D eigenvalue weighted by atomic mass is 9.34. The molecule has 5 aliphatic rings. The number of nitrogens with zero attached hydrogens (tertiary/aromatic N) is 9. The molecule has 436 valence electrons. The summed E-state index contributed by atoms with van der Waals surface area (Å²) in [7, 11) is 0. The van der Waals surface area contributed by atoms with Crippen molar-refractivity contribution in [3.63, 3.8) is 0 Å². The van der Waals surface area contributed by atoms with E-state index in [1.165, 1.54) is 16.7 Å². The van der Waals surface area contributed by atoms with Crippen molar-refractivity contribution in [2.24, 2.45) is 10.8 Å². The fourth-order valence-electron chi connectivity index (χ4n) is 11.7. The van der Waals surface area contributed by atoms with Crippen LogP contribution in [0.25, 0.3) is 11.7 Å². The standard InChI is InChI=1S/C57H87N11O11/c1-4-49-48(54-60-44(2)34-45(3)68(54)61-49)35-47-11-9-46(10-12-47)8-5-15-62-16-26-67(27-17-62)43-56-40-57(41-56,42-56)55(76)59-14-7-29-78-31-33-79-32-30-77-28-6-13-58-50(69)36-63-18-20-64(37-51(70)71)22-24-66(39-53(74)75)25-23-65(21-19-63)38-52(72)73/h5,8-12,34H,4,6-7,13-33,35-43H2,1-3H3,(H,58,69)(H,59,76)(H,70,71)(H,72,73)(H,74,75)/b8-5+. The number of aryl methyl sites for hydroxylation is 3. The largest absolute Gasteiger partial charge is 0.480 e. The van der Waals surface area contributed by atoms with Crippen molar-refractivity contribution in [1.82, 2.24) is 54.6 Å². The number of nitrogens with one attached hydrogen (secondary N) is 2. The Labute approximate surface area is 465 Å². The highest BCUT2D eigenvalue weighted by Gasteiger charge is 2.71. The second-order valence-electron chi connectivity index (χ2n) is 22.2. The Morgan fingerprint density at radius 1 is 0.633 bits per heavy atom. The predicted octanol–water partition coefficient (Wildman–Crippen LogP) is 1.84. The Morgan fingerprint density at radius 3 is 1.63 bits per heavy atom.